The molecule has 2 aromatic rings. The van der Waals surface area contributed by atoms with Crippen molar-refractivity contribution in [2.75, 3.05) is 25.0 Å². The fourth-order valence-electron chi connectivity index (χ4n) is 2.72. The zero-order valence-corrected chi connectivity index (χ0v) is 16.6. The van der Waals surface area contributed by atoms with Crippen molar-refractivity contribution in [1.29, 1.82) is 0 Å². The lowest BCUT2D eigenvalue weighted by molar-refractivity contribution is 0.275. The van der Waals surface area contributed by atoms with Gasteiger partial charge in [-0.05, 0) is 51.5 Å². The lowest BCUT2D eigenvalue weighted by Gasteiger charge is -2.20. The van der Waals surface area contributed by atoms with E-state index in [-0.39, 0.29) is 0 Å². The van der Waals surface area contributed by atoms with Gasteiger partial charge in [0.05, 0.1) is 5.52 Å². The van der Waals surface area contributed by atoms with E-state index in [1.54, 1.807) is 0 Å². The number of rotatable bonds is 8. The topological polar surface area (TPSA) is 106 Å². The first-order valence-corrected chi connectivity index (χ1v) is 10.4. The number of benzene rings is 1. The number of nitrogens with zero attached hydrogens (tertiary/aromatic N) is 2. The van der Waals surface area contributed by atoms with Crippen molar-refractivity contribution in [3.63, 3.8) is 0 Å². The zero-order chi connectivity index (χ0) is 19.6. The summed E-state index contributed by atoms with van der Waals surface area (Å²) in [6.45, 7) is 10.2. The van der Waals surface area contributed by atoms with E-state index in [1.807, 2.05) is 12.3 Å². The van der Waals surface area contributed by atoms with Crippen LogP contribution in [0.3, 0.4) is 0 Å². The van der Waals surface area contributed by atoms with E-state index in [9.17, 15) is 0 Å². The molecule has 0 aliphatic rings. The molecule has 1 aromatic carbocycles. The first kappa shape index (κ1) is 22.5. The Balaban J connectivity index is 0.000000597. The number of hydrogen-bond acceptors (Lipinski definition) is 4. The normalized spacial score (nSPS) is 12.6. The van der Waals surface area contributed by atoms with Crippen LogP contribution in [0.5, 0.6) is 0 Å². The molecular weight excluding hydrogens is 353 g/mol. The van der Waals surface area contributed by atoms with Crippen molar-refractivity contribution < 1.29 is 19.2 Å². The van der Waals surface area contributed by atoms with Gasteiger partial charge < -0.3 is 24.9 Å². The fraction of sp³-hybridized carbons (Fsp3) is 0.500. The number of para-hydroxylation sites is 1. The van der Waals surface area contributed by atoms with Gasteiger partial charge in [-0.3, -0.25) is 4.98 Å². The highest BCUT2D eigenvalue weighted by Crippen LogP contribution is 2.25. The molecular formula is C18H30N3O4P. The van der Waals surface area contributed by atoms with E-state index >= 15 is 0 Å². The summed E-state index contributed by atoms with van der Waals surface area (Å²) < 4.78 is 8.88. The molecule has 1 unspecified atom stereocenters. The average molecular weight is 383 g/mol. The summed E-state index contributed by atoms with van der Waals surface area (Å²) in [7, 11) is -4.64. The van der Waals surface area contributed by atoms with Gasteiger partial charge in [-0.2, -0.15) is 0 Å². The molecule has 1 aromatic heterocycles. The van der Waals surface area contributed by atoms with Crippen LogP contribution in [-0.2, 0) is 4.57 Å². The SMILES string of the molecule is CCN(CC)CCCC(C)Nc1ccnc2ccccc12.O=P(O)(O)O. The molecule has 4 N–H and O–H groups in total. The Kier molecular flexibility index (Phi) is 9.76. The maximum Gasteiger partial charge on any atom is 0.466 e. The summed E-state index contributed by atoms with van der Waals surface area (Å²) in [6.07, 6.45) is 4.30. The van der Waals surface area contributed by atoms with Crippen LogP contribution in [-0.4, -0.2) is 50.2 Å². The van der Waals surface area contributed by atoms with Crippen molar-refractivity contribution in [3.05, 3.63) is 36.5 Å². The Labute approximate surface area is 155 Å². The molecule has 0 spiro atoms. The lowest BCUT2D eigenvalue weighted by Crippen LogP contribution is -2.25. The first-order chi connectivity index (χ1) is 12.2. The fourth-order valence-corrected chi connectivity index (χ4v) is 2.72. The maximum atomic E-state index is 8.88. The van der Waals surface area contributed by atoms with Gasteiger partial charge in [0.25, 0.3) is 0 Å². The summed E-state index contributed by atoms with van der Waals surface area (Å²) in [5.41, 5.74) is 2.24. The van der Waals surface area contributed by atoms with Gasteiger partial charge in [0, 0.05) is 23.3 Å². The van der Waals surface area contributed by atoms with E-state index in [4.69, 9.17) is 19.2 Å². The first-order valence-electron chi connectivity index (χ1n) is 8.85. The minimum Gasteiger partial charge on any atom is -0.382 e. The summed E-state index contributed by atoms with van der Waals surface area (Å²) >= 11 is 0. The van der Waals surface area contributed by atoms with E-state index in [0.717, 1.165) is 18.6 Å². The molecule has 2 rings (SSSR count). The molecule has 0 aliphatic carbocycles. The quantitative estimate of drug-likeness (QED) is 0.519. The van der Waals surface area contributed by atoms with Gasteiger partial charge in [-0.15, -0.1) is 0 Å². The Morgan fingerprint density at radius 2 is 1.77 bits per heavy atom. The smallest absolute Gasteiger partial charge is 0.382 e. The molecule has 8 heteroatoms. The van der Waals surface area contributed by atoms with Gasteiger partial charge in [0.1, 0.15) is 0 Å². The largest absolute Gasteiger partial charge is 0.466 e. The molecule has 1 atom stereocenters. The Morgan fingerprint density at radius 3 is 2.38 bits per heavy atom. The highest BCUT2D eigenvalue weighted by Gasteiger charge is 2.07. The van der Waals surface area contributed by atoms with Gasteiger partial charge in [0.15, 0.2) is 0 Å². The molecule has 1 heterocycles. The number of nitrogens with one attached hydrogen (secondary N) is 1. The molecule has 0 fully saturated rings. The average Bonchev–Trinajstić information content (AvgIpc) is 2.58. The standard InChI is InChI=1S/C18H27N3.H3O4P/c1-4-21(5-2)14-8-9-15(3)20-18-12-13-19-17-11-7-6-10-16(17)18;1-5(2,3)4/h6-7,10-13,15H,4-5,8-9,14H2,1-3H3,(H,19,20);(H3,1,2,3,4). The van der Waals surface area contributed by atoms with Gasteiger partial charge >= 0.3 is 7.82 Å². The van der Waals surface area contributed by atoms with Crippen molar-refractivity contribution in [2.24, 2.45) is 0 Å². The molecule has 7 nitrogen and oxygen atoms in total. The highest BCUT2D eigenvalue weighted by atomic mass is 31.2. The predicted octanol–water partition coefficient (Wildman–Crippen LogP) is 3.23. The molecule has 0 saturated carbocycles. The third-order valence-corrected chi connectivity index (χ3v) is 4.06. The second-order valence-electron chi connectivity index (χ2n) is 6.10. The number of anilines is 1. The number of pyridine rings is 1. The molecule has 0 saturated heterocycles. The van der Waals surface area contributed by atoms with Gasteiger partial charge in [0.2, 0.25) is 0 Å². The highest BCUT2D eigenvalue weighted by molar-refractivity contribution is 7.45. The lowest BCUT2D eigenvalue weighted by atomic mass is 10.1. The van der Waals surface area contributed by atoms with Crippen molar-refractivity contribution in [2.45, 2.75) is 39.7 Å². The summed E-state index contributed by atoms with van der Waals surface area (Å²) in [6, 6.07) is 10.8. The van der Waals surface area contributed by atoms with E-state index in [1.165, 1.54) is 30.5 Å². The zero-order valence-electron chi connectivity index (χ0n) is 15.7. The van der Waals surface area contributed by atoms with E-state index in [2.05, 4.69) is 60.2 Å². The number of hydrogen-bond donors (Lipinski definition) is 4. The third kappa shape index (κ3) is 9.27. The number of aromatic nitrogens is 1. The van der Waals surface area contributed by atoms with Crippen LogP contribution < -0.4 is 5.32 Å². The third-order valence-electron chi connectivity index (χ3n) is 4.06. The minimum absolute atomic E-state index is 0.478. The molecule has 0 bridgehead atoms. The van der Waals surface area contributed by atoms with Crippen molar-refractivity contribution >= 4 is 24.4 Å². The number of fused-ring (bicyclic) bond motifs is 1. The second-order valence-corrected chi connectivity index (χ2v) is 7.13. The summed E-state index contributed by atoms with van der Waals surface area (Å²) in [5, 5.41) is 4.84. The van der Waals surface area contributed by atoms with Gasteiger partial charge in [-0.1, -0.05) is 32.0 Å². The van der Waals surface area contributed by atoms with E-state index in [0.29, 0.717) is 6.04 Å². The van der Waals surface area contributed by atoms with Gasteiger partial charge in [-0.25, -0.2) is 4.57 Å². The summed E-state index contributed by atoms with van der Waals surface area (Å²) in [5.74, 6) is 0. The van der Waals surface area contributed by atoms with Crippen molar-refractivity contribution in [1.82, 2.24) is 9.88 Å². The minimum atomic E-state index is -4.64. The Bertz CT molecular complexity index is 690. The predicted molar refractivity (Wildman–Crippen MR) is 106 cm³/mol. The maximum absolute atomic E-state index is 8.88. The Morgan fingerprint density at radius 1 is 1.15 bits per heavy atom. The van der Waals surface area contributed by atoms with Crippen LogP contribution >= 0.6 is 7.82 Å². The van der Waals surface area contributed by atoms with Crippen molar-refractivity contribution in [3.8, 4) is 0 Å². The van der Waals surface area contributed by atoms with Crippen LogP contribution in [0.25, 0.3) is 10.9 Å². The Hall–Kier alpha value is -1.50. The van der Waals surface area contributed by atoms with Crippen LogP contribution in [0.15, 0.2) is 36.5 Å². The monoisotopic (exact) mass is 383 g/mol. The summed E-state index contributed by atoms with van der Waals surface area (Å²) in [4.78, 5) is 28.5. The molecule has 0 radical (unpaired) electrons. The van der Waals surface area contributed by atoms with Crippen LogP contribution in [0.4, 0.5) is 5.69 Å². The molecule has 146 valence electrons. The van der Waals surface area contributed by atoms with Crippen LogP contribution in [0, 0.1) is 0 Å². The molecule has 26 heavy (non-hydrogen) atoms. The van der Waals surface area contributed by atoms with Crippen LogP contribution in [0.2, 0.25) is 0 Å². The van der Waals surface area contributed by atoms with Crippen LogP contribution in [0.1, 0.15) is 33.6 Å². The second kappa shape index (κ2) is 11.3. The van der Waals surface area contributed by atoms with E-state index < -0.39 is 7.82 Å². The molecule has 0 amide bonds. The number of phosphoric acid groups is 1. The molecule has 0 aliphatic heterocycles.